The molecule has 170 valence electrons. The number of carbonyl (C=O) groups is 1. The first-order valence-corrected chi connectivity index (χ1v) is 11.4. The summed E-state index contributed by atoms with van der Waals surface area (Å²) in [6.45, 7) is 0.170. The molecule has 1 amide bonds. The Morgan fingerprint density at radius 1 is 0.938 bits per heavy atom. The number of rotatable bonds is 10. The van der Waals surface area contributed by atoms with Crippen molar-refractivity contribution < 1.29 is 27.4 Å². The Labute approximate surface area is 187 Å². The van der Waals surface area contributed by atoms with Crippen LogP contribution in [-0.4, -0.2) is 59.6 Å². The lowest BCUT2D eigenvalue weighted by molar-refractivity contribution is -0.121. The van der Waals surface area contributed by atoms with Crippen molar-refractivity contribution >= 4 is 26.7 Å². The second-order valence-corrected chi connectivity index (χ2v) is 9.00. The highest BCUT2D eigenvalue weighted by Gasteiger charge is 2.24. The van der Waals surface area contributed by atoms with Crippen LogP contribution in [0.25, 0.3) is 10.8 Å². The van der Waals surface area contributed by atoms with E-state index in [0.717, 1.165) is 20.8 Å². The second kappa shape index (κ2) is 10.3. The van der Waals surface area contributed by atoms with Crippen LogP contribution < -0.4 is 19.5 Å². The number of ether oxygens (including phenoxy) is 3. The quantitative estimate of drug-likeness (QED) is 0.470. The Kier molecular flexibility index (Phi) is 7.55. The van der Waals surface area contributed by atoms with Crippen molar-refractivity contribution in [2.24, 2.45) is 0 Å². The lowest BCUT2D eigenvalue weighted by Gasteiger charge is -2.18. The third kappa shape index (κ3) is 5.30. The molecule has 9 heteroatoms. The number of nitrogens with zero attached hydrogens (tertiary/aromatic N) is 1. The maximum absolute atomic E-state index is 12.8. The van der Waals surface area contributed by atoms with Gasteiger partial charge in [0.25, 0.3) is 0 Å². The van der Waals surface area contributed by atoms with E-state index in [4.69, 9.17) is 14.2 Å². The van der Waals surface area contributed by atoms with Gasteiger partial charge >= 0.3 is 0 Å². The van der Waals surface area contributed by atoms with Crippen molar-refractivity contribution in [3.8, 4) is 17.2 Å². The zero-order valence-electron chi connectivity index (χ0n) is 18.2. The van der Waals surface area contributed by atoms with E-state index in [1.165, 1.54) is 39.5 Å². The van der Waals surface area contributed by atoms with Gasteiger partial charge in [-0.25, -0.2) is 8.42 Å². The molecule has 3 aromatic rings. The number of methoxy groups -OCH3 is 2. The van der Waals surface area contributed by atoms with Crippen LogP contribution in [0.1, 0.15) is 0 Å². The van der Waals surface area contributed by atoms with E-state index < -0.39 is 15.9 Å². The van der Waals surface area contributed by atoms with Crippen molar-refractivity contribution in [1.29, 1.82) is 0 Å². The molecule has 0 aliphatic rings. The van der Waals surface area contributed by atoms with Gasteiger partial charge in [0.05, 0.1) is 32.2 Å². The van der Waals surface area contributed by atoms with Crippen LogP contribution in [0.3, 0.4) is 0 Å². The van der Waals surface area contributed by atoms with Gasteiger partial charge in [-0.15, -0.1) is 0 Å². The fourth-order valence-electron chi connectivity index (χ4n) is 3.17. The first-order valence-electron chi connectivity index (χ1n) is 9.92. The Balaban J connectivity index is 1.54. The smallest absolute Gasteiger partial charge is 0.243 e. The first kappa shape index (κ1) is 23.4. The number of amides is 1. The third-order valence-corrected chi connectivity index (χ3v) is 6.66. The summed E-state index contributed by atoms with van der Waals surface area (Å²) >= 11 is 0. The highest BCUT2D eigenvalue weighted by atomic mass is 32.2. The summed E-state index contributed by atoms with van der Waals surface area (Å²) in [4.78, 5) is 12.3. The first-order chi connectivity index (χ1) is 15.4. The summed E-state index contributed by atoms with van der Waals surface area (Å²) < 4.78 is 42.7. The van der Waals surface area contributed by atoms with Crippen LogP contribution >= 0.6 is 0 Å². The fraction of sp³-hybridized carbons (Fsp3) is 0.261. The normalized spacial score (nSPS) is 11.4. The molecule has 0 aromatic heterocycles. The Hall–Kier alpha value is -3.30. The predicted molar refractivity (Wildman–Crippen MR) is 122 cm³/mol. The van der Waals surface area contributed by atoms with E-state index in [-0.39, 0.29) is 30.3 Å². The number of fused-ring (bicyclic) bond motifs is 1. The average molecular weight is 459 g/mol. The standard InChI is InChI=1S/C23H26N2O6S/c1-25(32(27,28)18-11-12-21(29-2)22(15-18)30-3)16-23(26)24-13-14-31-20-10-6-8-17-7-4-5-9-19(17)20/h4-12,15H,13-14,16H2,1-3H3,(H,24,26). The summed E-state index contributed by atoms with van der Waals surface area (Å²) in [5.74, 6) is 0.999. The maximum Gasteiger partial charge on any atom is 0.243 e. The largest absolute Gasteiger partial charge is 0.493 e. The number of carbonyl (C=O) groups excluding carboxylic acids is 1. The molecule has 0 radical (unpaired) electrons. The number of hydrogen-bond acceptors (Lipinski definition) is 6. The Morgan fingerprint density at radius 3 is 2.41 bits per heavy atom. The Morgan fingerprint density at radius 2 is 1.66 bits per heavy atom. The lowest BCUT2D eigenvalue weighted by atomic mass is 10.1. The molecule has 0 saturated heterocycles. The fourth-order valence-corrected chi connectivity index (χ4v) is 4.32. The zero-order valence-corrected chi connectivity index (χ0v) is 19.0. The zero-order chi connectivity index (χ0) is 23.1. The van der Waals surface area contributed by atoms with Gasteiger partial charge in [0, 0.05) is 18.5 Å². The molecular weight excluding hydrogens is 432 g/mol. The molecule has 8 nitrogen and oxygen atoms in total. The number of sulfonamides is 1. The summed E-state index contributed by atoms with van der Waals surface area (Å²) in [5, 5.41) is 4.74. The molecule has 3 rings (SSSR count). The minimum absolute atomic E-state index is 0.00439. The van der Waals surface area contributed by atoms with Crippen molar-refractivity contribution in [2.45, 2.75) is 4.90 Å². The number of nitrogens with one attached hydrogen (secondary N) is 1. The molecule has 0 unspecified atom stereocenters. The van der Waals surface area contributed by atoms with Crippen molar-refractivity contribution in [1.82, 2.24) is 9.62 Å². The van der Waals surface area contributed by atoms with Crippen molar-refractivity contribution in [3.05, 3.63) is 60.7 Å². The van der Waals surface area contributed by atoms with E-state index in [9.17, 15) is 13.2 Å². The highest BCUT2D eigenvalue weighted by molar-refractivity contribution is 7.89. The molecular formula is C23H26N2O6S. The summed E-state index contributed by atoms with van der Waals surface area (Å²) in [7, 11) is 0.349. The molecule has 0 aliphatic carbocycles. The van der Waals surface area contributed by atoms with E-state index in [1.807, 2.05) is 42.5 Å². The van der Waals surface area contributed by atoms with E-state index >= 15 is 0 Å². The minimum atomic E-state index is -3.88. The molecule has 0 aliphatic heterocycles. The minimum Gasteiger partial charge on any atom is -0.493 e. The SMILES string of the molecule is COc1ccc(S(=O)(=O)N(C)CC(=O)NCCOc2cccc3ccccc23)cc1OC. The van der Waals surface area contributed by atoms with Crippen LogP contribution in [0.4, 0.5) is 0 Å². The van der Waals surface area contributed by atoms with E-state index in [1.54, 1.807) is 0 Å². The van der Waals surface area contributed by atoms with E-state index in [0.29, 0.717) is 5.75 Å². The van der Waals surface area contributed by atoms with Crippen LogP contribution in [0.2, 0.25) is 0 Å². The monoisotopic (exact) mass is 458 g/mol. The second-order valence-electron chi connectivity index (χ2n) is 6.95. The average Bonchev–Trinajstić information content (AvgIpc) is 2.81. The molecule has 0 fully saturated rings. The molecule has 1 N–H and O–H groups in total. The Bertz CT molecular complexity index is 1190. The van der Waals surface area contributed by atoms with Gasteiger partial charge in [0.1, 0.15) is 12.4 Å². The maximum atomic E-state index is 12.8. The number of hydrogen-bond donors (Lipinski definition) is 1. The molecule has 32 heavy (non-hydrogen) atoms. The lowest BCUT2D eigenvalue weighted by Crippen LogP contribution is -2.39. The van der Waals surface area contributed by atoms with Crippen LogP contribution in [0.5, 0.6) is 17.2 Å². The van der Waals surface area contributed by atoms with Gasteiger partial charge in [-0.1, -0.05) is 36.4 Å². The third-order valence-electron chi connectivity index (χ3n) is 4.86. The van der Waals surface area contributed by atoms with Crippen LogP contribution in [0.15, 0.2) is 65.6 Å². The van der Waals surface area contributed by atoms with Gasteiger partial charge in [0.2, 0.25) is 15.9 Å². The molecule has 0 heterocycles. The van der Waals surface area contributed by atoms with Gasteiger partial charge in [0.15, 0.2) is 11.5 Å². The van der Waals surface area contributed by atoms with Gasteiger partial charge in [-0.2, -0.15) is 4.31 Å². The van der Waals surface area contributed by atoms with Crippen LogP contribution in [0, 0.1) is 0 Å². The van der Waals surface area contributed by atoms with Crippen LogP contribution in [-0.2, 0) is 14.8 Å². The highest BCUT2D eigenvalue weighted by Crippen LogP contribution is 2.30. The van der Waals surface area contributed by atoms with Crippen molar-refractivity contribution in [3.63, 3.8) is 0 Å². The van der Waals surface area contributed by atoms with Gasteiger partial charge < -0.3 is 19.5 Å². The summed E-state index contributed by atoms with van der Waals surface area (Å²) in [5.41, 5.74) is 0. The molecule has 3 aromatic carbocycles. The molecule has 0 bridgehead atoms. The van der Waals surface area contributed by atoms with Crippen molar-refractivity contribution in [2.75, 3.05) is 41.0 Å². The molecule has 0 saturated carbocycles. The molecule has 0 spiro atoms. The number of benzene rings is 3. The molecule has 0 atom stereocenters. The topological polar surface area (TPSA) is 94.2 Å². The summed E-state index contributed by atoms with van der Waals surface area (Å²) in [6.07, 6.45) is 0. The number of likely N-dealkylation sites (N-methyl/N-ethyl adjacent to an activating group) is 1. The van der Waals surface area contributed by atoms with Gasteiger partial charge in [-0.05, 0) is 23.6 Å². The predicted octanol–water partition coefficient (Wildman–Crippen LogP) is 2.67. The van der Waals surface area contributed by atoms with Gasteiger partial charge in [-0.3, -0.25) is 4.79 Å². The van der Waals surface area contributed by atoms with E-state index in [2.05, 4.69) is 5.32 Å². The summed E-state index contributed by atoms with van der Waals surface area (Å²) in [6, 6.07) is 17.9.